The summed E-state index contributed by atoms with van der Waals surface area (Å²) in [7, 11) is 0. The van der Waals surface area contributed by atoms with Crippen LogP contribution in [0.15, 0.2) is 22.7 Å². The number of hydrogen-bond acceptors (Lipinski definition) is 4. The van der Waals surface area contributed by atoms with E-state index in [4.69, 9.17) is 5.73 Å². The molecule has 1 aromatic rings. The van der Waals surface area contributed by atoms with Crippen molar-refractivity contribution in [2.45, 2.75) is 31.8 Å². The molecule has 2 rings (SSSR count). The third-order valence-corrected chi connectivity index (χ3v) is 3.85. The SMILES string of the molecule is CC1CC(N)CCN1c1ccc(Br)cc1[N+](=O)[O-]. The Bertz CT molecular complexity index is 467. The molecule has 0 saturated carbocycles. The number of halogens is 1. The number of nitrogens with zero attached hydrogens (tertiary/aromatic N) is 2. The van der Waals surface area contributed by atoms with E-state index >= 15 is 0 Å². The van der Waals surface area contributed by atoms with Crippen molar-refractivity contribution < 1.29 is 4.92 Å². The fourth-order valence-electron chi connectivity index (χ4n) is 2.45. The third kappa shape index (κ3) is 2.64. The Hall–Kier alpha value is -1.14. The summed E-state index contributed by atoms with van der Waals surface area (Å²) in [4.78, 5) is 12.9. The summed E-state index contributed by atoms with van der Waals surface area (Å²) in [5.41, 5.74) is 6.75. The molecule has 0 aliphatic carbocycles. The van der Waals surface area contributed by atoms with Gasteiger partial charge in [0, 0.05) is 29.2 Å². The number of nitro benzene ring substituents is 1. The van der Waals surface area contributed by atoms with Crippen molar-refractivity contribution in [3.63, 3.8) is 0 Å². The summed E-state index contributed by atoms with van der Waals surface area (Å²) >= 11 is 3.27. The zero-order chi connectivity index (χ0) is 13.3. The molecule has 1 saturated heterocycles. The van der Waals surface area contributed by atoms with Gasteiger partial charge >= 0.3 is 0 Å². The lowest BCUT2D eigenvalue weighted by Gasteiger charge is -2.37. The van der Waals surface area contributed by atoms with Gasteiger partial charge < -0.3 is 10.6 Å². The minimum atomic E-state index is -0.332. The first-order valence-corrected chi connectivity index (χ1v) is 6.74. The molecule has 0 amide bonds. The molecule has 2 atom stereocenters. The van der Waals surface area contributed by atoms with Crippen molar-refractivity contribution in [3.05, 3.63) is 32.8 Å². The third-order valence-electron chi connectivity index (χ3n) is 3.36. The van der Waals surface area contributed by atoms with E-state index in [1.54, 1.807) is 12.1 Å². The zero-order valence-corrected chi connectivity index (χ0v) is 11.8. The van der Waals surface area contributed by atoms with Crippen LogP contribution in [0.5, 0.6) is 0 Å². The van der Waals surface area contributed by atoms with Crippen LogP contribution in [0.3, 0.4) is 0 Å². The van der Waals surface area contributed by atoms with Gasteiger partial charge in [0.05, 0.1) is 4.92 Å². The second kappa shape index (κ2) is 5.24. The lowest BCUT2D eigenvalue weighted by atomic mass is 9.98. The van der Waals surface area contributed by atoms with Crippen LogP contribution >= 0.6 is 15.9 Å². The lowest BCUT2D eigenvalue weighted by molar-refractivity contribution is -0.384. The number of hydrogen-bond donors (Lipinski definition) is 1. The van der Waals surface area contributed by atoms with E-state index in [1.165, 1.54) is 0 Å². The number of anilines is 1. The lowest BCUT2D eigenvalue weighted by Crippen LogP contribution is -2.45. The molecule has 5 nitrogen and oxygen atoms in total. The van der Waals surface area contributed by atoms with Crippen LogP contribution in [0, 0.1) is 10.1 Å². The van der Waals surface area contributed by atoms with E-state index < -0.39 is 0 Å². The minimum absolute atomic E-state index is 0.145. The first-order chi connectivity index (χ1) is 8.49. The number of benzene rings is 1. The average molecular weight is 314 g/mol. The Morgan fingerprint density at radius 2 is 2.28 bits per heavy atom. The van der Waals surface area contributed by atoms with Gasteiger partial charge in [-0.05, 0) is 31.9 Å². The molecular weight excluding hydrogens is 298 g/mol. The number of rotatable bonds is 2. The van der Waals surface area contributed by atoms with Crippen molar-refractivity contribution >= 4 is 27.3 Å². The summed E-state index contributed by atoms with van der Waals surface area (Å²) in [6.07, 6.45) is 1.74. The van der Waals surface area contributed by atoms with Crippen LogP contribution in [0.2, 0.25) is 0 Å². The second-order valence-corrected chi connectivity index (χ2v) is 5.63. The van der Waals surface area contributed by atoms with Gasteiger partial charge in [-0.3, -0.25) is 10.1 Å². The summed E-state index contributed by atoms with van der Waals surface area (Å²) in [5, 5.41) is 11.1. The smallest absolute Gasteiger partial charge is 0.293 e. The molecule has 0 bridgehead atoms. The topological polar surface area (TPSA) is 72.4 Å². The van der Waals surface area contributed by atoms with Gasteiger partial charge in [-0.2, -0.15) is 0 Å². The predicted molar refractivity (Wildman–Crippen MR) is 74.8 cm³/mol. The first kappa shape index (κ1) is 13.3. The Morgan fingerprint density at radius 1 is 1.56 bits per heavy atom. The fourth-order valence-corrected chi connectivity index (χ4v) is 2.80. The summed E-state index contributed by atoms with van der Waals surface area (Å²) < 4.78 is 0.722. The largest absolute Gasteiger partial charge is 0.363 e. The highest BCUT2D eigenvalue weighted by Gasteiger charge is 2.28. The van der Waals surface area contributed by atoms with Crippen LogP contribution in [-0.4, -0.2) is 23.6 Å². The molecule has 98 valence electrons. The van der Waals surface area contributed by atoms with E-state index in [2.05, 4.69) is 27.8 Å². The molecule has 1 heterocycles. The van der Waals surface area contributed by atoms with Crippen molar-refractivity contribution in [1.82, 2.24) is 0 Å². The molecule has 0 aromatic heterocycles. The maximum absolute atomic E-state index is 11.1. The van der Waals surface area contributed by atoms with Gasteiger partial charge in [-0.15, -0.1) is 0 Å². The van der Waals surface area contributed by atoms with Crippen molar-refractivity contribution in [3.8, 4) is 0 Å². The fraction of sp³-hybridized carbons (Fsp3) is 0.500. The van der Waals surface area contributed by atoms with E-state index in [9.17, 15) is 10.1 Å². The van der Waals surface area contributed by atoms with E-state index in [1.807, 2.05) is 6.07 Å². The molecule has 1 fully saturated rings. The van der Waals surface area contributed by atoms with Crippen molar-refractivity contribution in [1.29, 1.82) is 0 Å². The molecule has 18 heavy (non-hydrogen) atoms. The van der Waals surface area contributed by atoms with Gasteiger partial charge in [0.15, 0.2) is 0 Å². The molecule has 2 N–H and O–H groups in total. The Labute approximate surface area is 114 Å². The highest BCUT2D eigenvalue weighted by molar-refractivity contribution is 9.10. The van der Waals surface area contributed by atoms with Gasteiger partial charge in [0.2, 0.25) is 0 Å². The number of nitro groups is 1. The van der Waals surface area contributed by atoms with Crippen LogP contribution in [0.4, 0.5) is 11.4 Å². The standard InChI is InChI=1S/C12H16BrN3O2/c1-8-6-10(14)4-5-15(8)11-3-2-9(13)7-12(11)16(17)18/h2-3,7-8,10H,4-6,14H2,1H3. The van der Waals surface area contributed by atoms with Crippen LogP contribution in [0.25, 0.3) is 0 Å². The molecule has 1 aromatic carbocycles. The van der Waals surface area contributed by atoms with Crippen LogP contribution in [-0.2, 0) is 0 Å². The van der Waals surface area contributed by atoms with Gasteiger partial charge in [-0.1, -0.05) is 15.9 Å². The summed E-state index contributed by atoms with van der Waals surface area (Å²) in [6, 6.07) is 5.62. The molecule has 1 aliphatic heterocycles. The van der Waals surface area contributed by atoms with Crippen LogP contribution in [0.1, 0.15) is 19.8 Å². The number of nitrogens with two attached hydrogens (primary N) is 1. The monoisotopic (exact) mass is 313 g/mol. The molecule has 1 aliphatic rings. The minimum Gasteiger partial charge on any atom is -0.363 e. The maximum Gasteiger partial charge on any atom is 0.293 e. The van der Waals surface area contributed by atoms with Crippen LogP contribution < -0.4 is 10.6 Å². The van der Waals surface area contributed by atoms with E-state index in [0.717, 1.165) is 23.9 Å². The molecule has 0 radical (unpaired) electrons. The van der Waals surface area contributed by atoms with E-state index in [0.29, 0.717) is 5.69 Å². The quantitative estimate of drug-likeness (QED) is 0.673. The Balaban J connectivity index is 2.35. The number of piperidine rings is 1. The summed E-state index contributed by atoms with van der Waals surface area (Å²) in [6.45, 7) is 2.83. The average Bonchev–Trinajstić information content (AvgIpc) is 2.29. The Kier molecular flexibility index (Phi) is 3.87. The summed E-state index contributed by atoms with van der Waals surface area (Å²) in [5.74, 6) is 0. The maximum atomic E-state index is 11.1. The van der Waals surface area contributed by atoms with E-state index in [-0.39, 0.29) is 22.7 Å². The molecular formula is C12H16BrN3O2. The van der Waals surface area contributed by atoms with Crippen molar-refractivity contribution in [2.75, 3.05) is 11.4 Å². The highest BCUT2D eigenvalue weighted by atomic mass is 79.9. The molecule has 6 heteroatoms. The van der Waals surface area contributed by atoms with Crippen molar-refractivity contribution in [2.24, 2.45) is 5.73 Å². The second-order valence-electron chi connectivity index (χ2n) is 4.72. The Morgan fingerprint density at radius 3 is 2.89 bits per heavy atom. The van der Waals surface area contributed by atoms with Gasteiger partial charge in [-0.25, -0.2) is 0 Å². The van der Waals surface area contributed by atoms with Gasteiger partial charge in [0.1, 0.15) is 5.69 Å². The van der Waals surface area contributed by atoms with Gasteiger partial charge in [0.25, 0.3) is 5.69 Å². The highest BCUT2D eigenvalue weighted by Crippen LogP contribution is 2.34. The molecule has 0 spiro atoms. The molecule has 2 unspecified atom stereocenters. The zero-order valence-electron chi connectivity index (χ0n) is 10.2. The predicted octanol–water partition coefficient (Wildman–Crippen LogP) is 2.67. The first-order valence-electron chi connectivity index (χ1n) is 5.95. The normalized spacial score (nSPS) is 24.1.